The van der Waals surface area contributed by atoms with Gasteiger partial charge in [0.25, 0.3) is 0 Å². The molecule has 0 radical (unpaired) electrons. The Hall–Kier alpha value is -1.99. The van der Waals surface area contributed by atoms with E-state index in [-0.39, 0.29) is 11.8 Å². The van der Waals surface area contributed by atoms with Crippen LogP contribution in [-0.2, 0) is 9.59 Å². The van der Waals surface area contributed by atoms with Gasteiger partial charge in [0, 0.05) is 53.8 Å². The fourth-order valence-electron chi connectivity index (χ4n) is 2.91. The molecule has 1 aliphatic rings. The van der Waals surface area contributed by atoms with Crippen LogP contribution in [0.5, 0.6) is 0 Å². The van der Waals surface area contributed by atoms with Crippen molar-refractivity contribution in [3.8, 4) is 0 Å². The van der Waals surface area contributed by atoms with Gasteiger partial charge in [-0.1, -0.05) is 15.9 Å². The van der Waals surface area contributed by atoms with Crippen molar-refractivity contribution >= 4 is 50.9 Å². The van der Waals surface area contributed by atoms with Gasteiger partial charge in [0.15, 0.2) is 0 Å². The monoisotopic (exact) mass is 447 g/mol. The molecule has 2 aromatic rings. The Morgan fingerprint density at radius 1 is 1.00 bits per heavy atom. The molecule has 0 spiro atoms. The predicted octanol–water partition coefficient (Wildman–Crippen LogP) is 3.85. The number of thioether (sulfide) groups is 1. The molecule has 2 aromatic carbocycles. The fourth-order valence-corrected chi connectivity index (χ4v) is 3.87. The minimum atomic E-state index is -0.0225. The van der Waals surface area contributed by atoms with E-state index in [0.29, 0.717) is 5.75 Å². The standard InChI is InChI=1S/C20H22BrN3O2S/c1-15(25)23-10-12-24(13-11-23)18-6-4-17(5-7-18)22-20(26)14-27-19-8-2-16(21)3-9-19/h2-9H,10-14H2,1H3,(H,22,26). The zero-order chi connectivity index (χ0) is 19.2. The number of piperazine rings is 1. The van der Waals surface area contributed by atoms with Gasteiger partial charge >= 0.3 is 0 Å². The minimum absolute atomic E-state index is 0.0225. The number of nitrogens with zero attached hydrogens (tertiary/aromatic N) is 2. The normalized spacial score (nSPS) is 14.1. The molecule has 142 valence electrons. The lowest BCUT2D eigenvalue weighted by Gasteiger charge is -2.35. The molecule has 0 saturated carbocycles. The third kappa shape index (κ3) is 5.74. The molecule has 1 heterocycles. The van der Waals surface area contributed by atoms with Gasteiger partial charge in [0.1, 0.15) is 0 Å². The number of hydrogen-bond donors (Lipinski definition) is 1. The molecule has 1 aliphatic heterocycles. The van der Waals surface area contributed by atoms with Gasteiger partial charge in [-0.25, -0.2) is 0 Å². The number of carbonyl (C=O) groups is 2. The number of benzene rings is 2. The van der Waals surface area contributed by atoms with E-state index in [9.17, 15) is 9.59 Å². The van der Waals surface area contributed by atoms with Crippen LogP contribution in [0.25, 0.3) is 0 Å². The van der Waals surface area contributed by atoms with E-state index in [2.05, 4.69) is 26.1 Å². The third-order valence-electron chi connectivity index (χ3n) is 4.42. The Bertz CT molecular complexity index is 788. The second-order valence-electron chi connectivity index (χ2n) is 6.33. The highest BCUT2D eigenvalue weighted by Crippen LogP contribution is 2.22. The molecule has 5 nitrogen and oxygen atoms in total. The van der Waals surface area contributed by atoms with Crippen LogP contribution in [0.3, 0.4) is 0 Å². The van der Waals surface area contributed by atoms with E-state index >= 15 is 0 Å². The molecule has 1 saturated heterocycles. The molecule has 1 N–H and O–H groups in total. The van der Waals surface area contributed by atoms with Gasteiger partial charge in [-0.15, -0.1) is 11.8 Å². The van der Waals surface area contributed by atoms with Crippen molar-refractivity contribution < 1.29 is 9.59 Å². The van der Waals surface area contributed by atoms with E-state index in [1.165, 1.54) is 11.8 Å². The number of hydrogen-bond acceptors (Lipinski definition) is 4. The molecule has 0 bridgehead atoms. The van der Waals surface area contributed by atoms with Crippen LogP contribution in [0.15, 0.2) is 57.9 Å². The Kier molecular flexibility index (Phi) is 6.79. The highest BCUT2D eigenvalue weighted by atomic mass is 79.9. The zero-order valence-electron chi connectivity index (χ0n) is 15.2. The molecule has 0 aliphatic carbocycles. The lowest BCUT2D eigenvalue weighted by molar-refractivity contribution is -0.129. The molecule has 0 aromatic heterocycles. The Morgan fingerprint density at radius 3 is 2.22 bits per heavy atom. The number of carbonyl (C=O) groups excluding carboxylic acids is 2. The maximum atomic E-state index is 12.2. The van der Waals surface area contributed by atoms with Crippen molar-refractivity contribution in [2.45, 2.75) is 11.8 Å². The van der Waals surface area contributed by atoms with Gasteiger partial charge in [0.2, 0.25) is 11.8 Å². The lowest BCUT2D eigenvalue weighted by atomic mass is 10.2. The van der Waals surface area contributed by atoms with Crippen LogP contribution < -0.4 is 10.2 Å². The first-order valence-corrected chi connectivity index (χ1v) is 10.6. The summed E-state index contributed by atoms with van der Waals surface area (Å²) >= 11 is 4.92. The first kappa shape index (κ1) is 19.8. The summed E-state index contributed by atoms with van der Waals surface area (Å²) in [7, 11) is 0. The summed E-state index contributed by atoms with van der Waals surface area (Å²) in [6, 6.07) is 15.8. The topological polar surface area (TPSA) is 52.7 Å². The van der Waals surface area contributed by atoms with Crippen molar-refractivity contribution in [1.82, 2.24) is 4.90 Å². The predicted molar refractivity (Wildman–Crippen MR) is 114 cm³/mol. The number of nitrogens with one attached hydrogen (secondary N) is 1. The average molecular weight is 448 g/mol. The number of amides is 2. The minimum Gasteiger partial charge on any atom is -0.368 e. The first-order valence-electron chi connectivity index (χ1n) is 8.80. The van der Waals surface area contributed by atoms with E-state index in [1.807, 2.05) is 53.4 Å². The van der Waals surface area contributed by atoms with E-state index in [0.717, 1.165) is 46.9 Å². The molecule has 7 heteroatoms. The summed E-state index contributed by atoms with van der Waals surface area (Å²) in [5.74, 6) is 0.482. The molecular formula is C20H22BrN3O2S. The summed E-state index contributed by atoms with van der Waals surface area (Å²) in [6.07, 6.45) is 0. The molecule has 27 heavy (non-hydrogen) atoms. The summed E-state index contributed by atoms with van der Waals surface area (Å²) in [6.45, 7) is 4.77. The van der Waals surface area contributed by atoms with Crippen LogP contribution in [0.1, 0.15) is 6.92 Å². The summed E-state index contributed by atoms with van der Waals surface area (Å²) in [4.78, 5) is 28.8. The molecule has 1 fully saturated rings. The smallest absolute Gasteiger partial charge is 0.234 e. The number of anilines is 2. The van der Waals surface area contributed by atoms with E-state index in [1.54, 1.807) is 6.92 Å². The van der Waals surface area contributed by atoms with Gasteiger partial charge in [-0.2, -0.15) is 0 Å². The van der Waals surface area contributed by atoms with Crippen molar-refractivity contribution in [2.24, 2.45) is 0 Å². The summed E-state index contributed by atoms with van der Waals surface area (Å²) in [5.41, 5.74) is 1.91. The molecular weight excluding hydrogens is 426 g/mol. The molecule has 3 rings (SSSR count). The Balaban J connectivity index is 1.48. The van der Waals surface area contributed by atoms with E-state index < -0.39 is 0 Å². The van der Waals surface area contributed by atoms with Crippen molar-refractivity contribution in [3.63, 3.8) is 0 Å². The molecule has 2 amide bonds. The zero-order valence-corrected chi connectivity index (χ0v) is 17.6. The quantitative estimate of drug-likeness (QED) is 0.707. The maximum Gasteiger partial charge on any atom is 0.234 e. The summed E-state index contributed by atoms with van der Waals surface area (Å²) in [5, 5.41) is 2.94. The van der Waals surface area contributed by atoms with Crippen LogP contribution in [-0.4, -0.2) is 48.6 Å². The van der Waals surface area contributed by atoms with Crippen molar-refractivity contribution in [3.05, 3.63) is 53.0 Å². The lowest BCUT2D eigenvalue weighted by Crippen LogP contribution is -2.48. The second-order valence-corrected chi connectivity index (χ2v) is 8.30. The van der Waals surface area contributed by atoms with Gasteiger partial charge in [0.05, 0.1) is 5.75 Å². The maximum absolute atomic E-state index is 12.2. The Morgan fingerprint density at radius 2 is 1.63 bits per heavy atom. The largest absolute Gasteiger partial charge is 0.368 e. The SMILES string of the molecule is CC(=O)N1CCN(c2ccc(NC(=O)CSc3ccc(Br)cc3)cc2)CC1. The fraction of sp³-hybridized carbons (Fsp3) is 0.300. The third-order valence-corrected chi connectivity index (χ3v) is 5.97. The van der Waals surface area contributed by atoms with Crippen LogP contribution >= 0.6 is 27.7 Å². The van der Waals surface area contributed by atoms with Crippen LogP contribution in [0.4, 0.5) is 11.4 Å². The van der Waals surface area contributed by atoms with Crippen molar-refractivity contribution in [1.29, 1.82) is 0 Å². The van der Waals surface area contributed by atoms with E-state index in [4.69, 9.17) is 0 Å². The molecule has 0 unspecified atom stereocenters. The van der Waals surface area contributed by atoms with Gasteiger partial charge < -0.3 is 15.1 Å². The first-order chi connectivity index (χ1) is 13.0. The molecule has 0 atom stereocenters. The highest BCUT2D eigenvalue weighted by molar-refractivity contribution is 9.10. The van der Waals surface area contributed by atoms with Crippen molar-refractivity contribution in [2.75, 3.05) is 42.1 Å². The van der Waals surface area contributed by atoms with Gasteiger partial charge in [-0.05, 0) is 48.5 Å². The van der Waals surface area contributed by atoms with Gasteiger partial charge in [-0.3, -0.25) is 9.59 Å². The average Bonchev–Trinajstić information content (AvgIpc) is 2.68. The highest BCUT2D eigenvalue weighted by Gasteiger charge is 2.18. The number of rotatable bonds is 5. The Labute approximate surface area is 172 Å². The van der Waals surface area contributed by atoms with Crippen LogP contribution in [0.2, 0.25) is 0 Å². The number of halogens is 1. The second kappa shape index (κ2) is 9.28. The van der Waals surface area contributed by atoms with Crippen LogP contribution in [0, 0.1) is 0 Å². The summed E-state index contributed by atoms with van der Waals surface area (Å²) < 4.78 is 1.03.